The van der Waals surface area contributed by atoms with Crippen molar-refractivity contribution in [3.05, 3.63) is 120 Å². The average Bonchev–Trinajstić information content (AvgIpc) is 3.14. The van der Waals surface area contributed by atoms with Gasteiger partial charge in [-0.25, -0.2) is 4.79 Å². The van der Waals surface area contributed by atoms with Crippen molar-refractivity contribution < 1.29 is 4.79 Å². The van der Waals surface area contributed by atoms with Crippen molar-refractivity contribution in [1.29, 1.82) is 0 Å². The molecule has 0 radical (unpaired) electrons. The number of carbonyl (C=O) groups is 1. The second-order valence-electron chi connectivity index (χ2n) is 7.92. The molecule has 0 aromatic heterocycles. The lowest BCUT2D eigenvalue weighted by Crippen LogP contribution is -2.32. The van der Waals surface area contributed by atoms with E-state index < -0.39 is 0 Å². The van der Waals surface area contributed by atoms with Crippen molar-refractivity contribution >= 4 is 28.8 Å². The monoisotopic (exact) mass is 420 g/mol. The number of nitrogens with zero attached hydrogens (tertiary/aromatic N) is 2. The number of urea groups is 1. The molecule has 0 aliphatic carbocycles. The molecule has 1 fully saturated rings. The molecule has 2 amide bonds. The van der Waals surface area contributed by atoms with Crippen LogP contribution in [-0.2, 0) is 0 Å². The SMILES string of the molecule is Nc1ccc(N2C(=O)N(c3ccc(N)cc3)C(c3ccccc3)C2c2ccccc2)cc1. The van der Waals surface area contributed by atoms with E-state index >= 15 is 0 Å². The van der Waals surface area contributed by atoms with Gasteiger partial charge in [-0.2, -0.15) is 0 Å². The summed E-state index contributed by atoms with van der Waals surface area (Å²) in [5.41, 5.74) is 16.9. The first-order valence-electron chi connectivity index (χ1n) is 10.6. The molecule has 1 saturated heterocycles. The number of amides is 2. The van der Waals surface area contributed by atoms with Gasteiger partial charge in [-0.05, 0) is 59.7 Å². The third-order valence-electron chi connectivity index (χ3n) is 5.89. The number of hydrogen-bond donors (Lipinski definition) is 2. The molecular weight excluding hydrogens is 396 g/mol. The Hall–Kier alpha value is -4.25. The maximum absolute atomic E-state index is 14.0. The molecule has 1 aliphatic rings. The molecule has 4 N–H and O–H groups in total. The minimum absolute atomic E-state index is 0.0951. The lowest BCUT2D eigenvalue weighted by Gasteiger charge is -2.29. The standard InChI is InChI=1S/C27H24N4O/c28-21-11-15-23(16-12-21)30-25(19-7-3-1-4-8-19)26(20-9-5-2-6-10-20)31(27(30)32)24-17-13-22(29)14-18-24/h1-18,25-26H,28-29H2. The summed E-state index contributed by atoms with van der Waals surface area (Å²) < 4.78 is 0. The molecule has 4 aromatic carbocycles. The predicted octanol–water partition coefficient (Wildman–Crippen LogP) is 5.78. The lowest BCUT2D eigenvalue weighted by atomic mass is 9.92. The third kappa shape index (κ3) is 3.44. The fourth-order valence-corrected chi connectivity index (χ4v) is 4.41. The van der Waals surface area contributed by atoms with E-state index in [4.69, 9.17) is 11.5 Å². The highest BCUT2D eigenvalue weighted by Gasteiger charge is 2.48. The van der Waals surface area contributed by atoms with Gasteiger partial charge in [0.05, 0.1) is 12.1 Å². The highest BCUT2D eigenvalue weighted by atomic mass is 16.2. The molecule has 2 atom stereocenters. The van der Waals surface area contributed by atoms with Crippen LogP contribution < -0.4 is 21.3 Å². The molecule has 2 unspecified atom stereocenters. The van der Waals surface area contributed by atoms with Gasteiger partial charge in [-0.15, -0.1) is 0 Å². The van der Waals surface area contributed by atoms with E-state index in [1.165, 1.54) is 0 Å². The summed E-state index contributed by atoms with van der Waals surface area (Å²) in [7, 11) is 0. The van der Waals surface area contributed by atoms with E-state index in [2.05, 4.69) is 24.3 Å². The molecule has 0 bridgehead atoms. The van der Waals surface area contributed by atoms with Gasteiger partial charge in [-0.1, -0.05) is 60.7 Å². The second-order valence-corrected chi connectivity index (χ2v) is 7.92. The van der Waals surface area contributed by atoms with Gasteiger partial charge >= 0.3 is 6.03 Å². The second kappa shape index (κ2) is 8.12. The van der Waals surface area contributed by atoms with E-state index in [1.807, 2.05) is 94.7 Å². The van der Waals surface area contributed by atoms with E-state index in [9.17, 15) is 4.79 Å². The molecule has 1 heterocycles. The summed E-state index contributed by atoms with van der Waals surface area (Å²) in [6.45, 7) is 0. The molecule has 32 heavy (non-hydrogen) atoms. The number of nitrogens with two attached hydrogens (primary N) is 2. The topological polar surface area (TPSA) is 75.6 Å². The quantitative estimate of drug-likeness (QED) is 0.411. The maximum atomic E-state index is 14.0. The van der Waals surface area contributed by atoms with E-state index in [-0.39, 0.29) is 18.1 Å². The lowest BCUT2D eigenvalue weighted by molar-refractivity contribution is 0.255. The molecule has 1 aliphatic heterocycles. The Morgan fingerprint density at radius 3 is 1.19 bits per heavy atom. The maximum Gasteiger partial charge on any atom is 0.330 e. The zero-order valence-corrected chi connectivity index (χ0v) is 17.5. The van der Waals surface area contributed by atoms with Crippen molar-refractivity contribution in [2.24, 2.45) is 0 Å². The van der Waals surface area contributed by atoms with Gasteiger partial charge in [-0.3, -0.25) is 9.80 Å². The van der Waals surface area contributed by atoms with Crippen molar-refractivity contribution in [2.75, 3.05) is 21.3 Å². The molecule has 0 spiro atoms. The number of anilines is 4. The summed E-state index contributed by atoms with van der Waals surface area (Å²) in [5, 5.41) is 0. The summed E-state index contributed by atoms with van der Waals surface area (Å²) >= 11 is 0. The number of nitrogen functional groups attached to an aromatic ring is 2. The van der Waals surface area contributed by atoms with Crippen LogP contribution >= 0.6 is 0 Å². The van der Waals surface area contributed by atoms with Crippen LogP contribution in [0, 0.1) is 0 Å². The van der Waals surface area contributed by atoms with Gasteiger partial charge in [0.25, 0.3) is 0 Å². The first-order chi connectivity index (χ1) is 15.6. The summed E-state index contributed by atoms with van der Waals surface area (Å²) in [6, 6.07) is 34.7. The molecular formula is C27H24N4O. The van der Waals surface area contributed by atoms with Crippen molar-refractivity contribution in [2.45, 2.75) is 12.1 Å². The van der Waals surface area contributed by atoms with E-state index in [1.54, 1.807) is 0 Å². The summed E-state index contributed by atoms with van der Waals surface area (Å²) in [4.78, 5) is 17.8. The average molecular weight is 421 g/mol. The normalized spacial score (nSPS) is 18.2. The molecule has 5 heteroatoms. The van der Waals surface area contributed by atoms with E-state index in [0.29, 0.717) is 11.4 Å². The summed E-state index contributed by atoms with van der Waals surface area (Å²) in [6.07, 6.45) is 0. The Morgan fingerprint density at radius 1 is 0.500 bits per heavy atom. The van der Waals surface area contributed by atoms with E-state index in [0.717, 1.165) is 22.5 Å². The Bertz CT molecular complexity index is 1110. The minimum Gasteiger partial charge on any atom is -0.399 e. The molecule has 158 valence electrons. The van der Waals surface area contributed by atoms with Gasteiger partial charge in [0.15, 0.2) is 0 Å². The Kier molecular flexibility index (Phi) is 5.00. The number of hydrogen-bond acceptors (Lipinski definition) is 3. The fourth-order valence-electron chi connectivity index (χ4n) is 4.41. The number of benzene rings is 4. The molecule has 5 nitrogen and oxygen atoms in total. The van der Waals surface area contributed by atoms with Crippen LogP contribution in [0.25, 0.3) is 0 Å². The largest absolute Gasteiger partial charge is 0.399 e. The van der Waals surface area contributed by atoms with Crippen LogP contribution in [0.2, 0.25) is 0 Å². The third-order valence-corrected chi connectivity index (χ3v) is 5.89. The first kappa shape index (κ1) is 19.7. The fraction of sp³-hybridized carbons (Fsp3) is 0.0741. The Morgan fingerprint density at radius 2 is 0.844 bits per heavy atom. The van der Waals surface area contributed by atoms with Crippen LogP contribution in [0.4, 0.5) is 27.5 Å². The highest BCUT2D eigenvalue weighted by molar-refractivity contribution is 6.08. The van der Waals surface area contributed by atoms with Gasteiger partial charge in [0, 0.05) is 22.7 Å². The number of carbonyl (C=O) groups excluding carboxylic acids is 1. The smallest absolute Gasteiger partial charge is 0.330 e. The Labute approximate surface area is 187 Å². The van der Waals surface area contributed by atoms with Crippen LogP contribution in [0.3, 0.4) is 0 Å². The zero-order valence-electron chi connectivity index (χ0n) is 17.5. The first-order valence-corrected chi connectivity index (χ1v) is 10.6. The van der Waals surface area contributed by atoms with Crippen LogP contribution in [0.5, 0.6) is 0 Å². The number of rotatable bonds is 4. The van der Waals surface area contributed by atoms with Crippen molar-refractivity contribution in [3.63, 3.8) is 0 Å². The van der Waals surface area contributed by atoms with Crippen LogP contribution in [-0.4, -0.2) is 6.03 Å². The van der Waals surface area contributed by atoms with Gasteiger partial charge in [0.2, 0.25) is 0 Å². The summed E-state index contributed by atoms with van der Waals surface area (Å²) in [5.74, 6) is 0. The van der Waals surface area contributed by atoms with Gasteiger partial charge < -0.3 is 11.5 Å². The molecule has 0 saturated carbocycles. The van der Waals surface area contributed by atoms with Crippen LogP contribution in [0.1, 0.15) is 23.2 Å². The highest BCUT2D eigenvalue weighted by Crippen LogP contribution is 2.49. The van der Waals surface area contributed by atoms with Gasteiger partial charge in [0.1, 0.15) is 0 Å². The van der Waals surface area contributed by atoms with Crippen LogP contribution in [0.15, 0.2) is 109 Å². The Balaban J connectivity index is 1.73. The van der Waals surface area contributed by atoms with Crippen molar-refractivity contribution in [3.8, 4) is 0 Å². The predicted molar refractivity (Wildman–Crippen MR) is 130 cm³/mol. The minimum atomic E-state index is -0.229. The van der Waals surface area contributed by atoms with Crippen molar-refractivity contribution in [1.82, 2.24) is 0 Å². The molecule has 5 rings (SSSR count). The zero-order chi connectivity index (χ0) is 22.1. The molecule has 4 aromatic rings.